The third kappa shape index (κ3) is 32800. The van der Waals surface area contributed by atoms with E-state index < -0.39 is 5.09 Å². The van der Waals surface area contributed by atoms with Crippen LogP contribution in [-0.4, -0.2) is 21.2 Å². The van der Waals surface area contributed by atoms with Crippen molar-refractivity contribution in [2.45, 2.75) is 0 Å². The van der Waals surface area contributed by atoms with Gasteiger partial charge in [-0.05, 0) is 0 Å². The number of nitrogens with zero attached hydrogens (tertiary/aromatic N) is 1. The van der Waals surface area contributed by atoms with Gasteiger partial charge in [-0.15, -0.1) is 10.1 Å². The van der Waals surface area contributed by atoms with Crippen LogP contribution in [0.1, 0.15) is 0 Å². The summed E-state index contributed by atoms with van der Waals surface area (Å²) in [6.45, 7) is 0. The van der Waals surface area contributed by atoms with Crippen LogP contribution in [0.25, 0.3) is 0 Å². The van der Waals surface area contributed by atoms with E-state index in [4.69, 9.17) is 15.3 Å². The van der Waals surface area contributed by atoms with Gasteiger partial charge in [0, 0.05) is 27.7 Å². The third-order valence-corrected chi connectivity index (χ3v) is 0. The largest absolute Gasteiger partial charge is 0.412 e. The molecule has 5 N–H and O–H groups in total. The van der Waals surface area contributed by atoms with Gasteiger partial charge in [-0.25, -0.2) is 0 Å². The fraction of sp³-hybridized carbons (Fsp3) is 0. The Hall–Kier alpha value is 0.0551. The molecule has 7 heteroatoms. The van der Waals surface area contributed by atoms with Crippen LogP contribution in [0.3, 0.4) is 0 Å². The maximum Gasteiger partial charge on any atom is 0.291 e. The van der Waals surface area contributed by atoms with E-state index in [9.17, 15) is 0 Å². The molecular weight excluding hydrogens is 295 g/mol. The molecule has 0 bridgehead atoms. The molecule has 0 unspecified atom stereocenters. The van der Waals surface area contributed by atoms with Crippen LogP contribution in [0.4, 0.5) is 0 Å². The number of hydrogen-bond donors (Lipinski definition) is 1. The Morgan fingerprint density at radius 2 is 1.43 bits per heavy atom. The summed E-state index contributed by atoms with van der Waals surface area (Å²) in [7, 11) is 0. The topological polar surface area (TPSA) is 126 Å². The van der Waals surface area contributed by atoms with Crippen LogP contribution in [0, 0.1) is 10.1 Å². The number of rotatable bonds is 0. The molecular formula is H5HgNO5. The molecule has 6 nitrogen and oxygen atoms in total. The smallest absolute Gasteiger partial charge is 0.291 e. The first-order valence-corrected chi connectivity index (χ1v) is 0.565. The normalized spacial score (nSPS) is 3.43. The van der Waals surface area contributed by atoms with Crippen molar-refractivity contribution in [1.29, 1.82) is 0 Å². The van der Waals surface area contributed by atoms with Crippen molar-refractivity contribution in [2.75, 3.05) is 0 Å². The molecule has 0 saturated carbocycles. The van der Waals surface area contributed by atoms with E-state index in [1.807, 2.05) is 0 Å². The maximum atomic E-state index is 8.36. The van der Waals surface area contributed by atoms with Crippen molar-refractivity contribution in [3.63, 3.8) is 0 Å². The summed E-state index contributed by atoms with van der Waals surface area (Å²) >= 11 is 0. The molecule has 0 radical (unpaired) electrons. The third-order valence-electron chi connectivity index (χ3n) is 0. The molecule has 0 aliphatic rings. The van der Waals surface area contributed by atoms with Gasteiger partial charge in [-0.1, -0.05) is 0 Å². The van der Waals surface area contributed by atoms with E-state index >= 15 is 0 Å². The Labute approximate surface area is 59.4 Å². The van der Waals surface area contributed by atoms with Crippen molar-refractivity contribution in [1.82, 2.24) is 0 Å². The van der Waals surface area contributed by atoms with Crippen LogP contribution >= 0.6 is 0 Å². The van der Waals surface area contributed by atoms with Gasteiger partial charge in [0.2, 0.25) is 0 Å². The minimum atomic E-state index is -1.50. The molecule has 0 atom stereocenters. The van der Waals surface area contributed by atoms with Gasteiger partial charge in [-0.3, -0.25) is 0 Å². The van der Waals surface area contributed by atoms with Crippen LogP contribution in [-0.2, 0) is 27.7 Å². The van der Waals surface area contributed by atoms with Crippen molar-refractivity contribution < 1.29 is 48.9 Å². The Kier molecular flexibility index (Phi) is 65.6. The van der Waals surface area contributed by atoms with Gasteiger partial charge < -0.3 is 16.2 Å². The fourth-order valence-electron chi connectivity index (χ4n) is 0. The molecule has 0 heterocycles. The Bertz CT molecular complexity index is 31.1. The van der Waals surface area contributed by atoms with Gasteiger partial charge in [0.15, 0.2) is 0 Å². The quantitative estimate of drug-likeness (QED) is 0.316. The predicted molar refractivity (Wildman–Crippen MR) is 16.0 cm³/mol. The molecule has 0 rings (SSSR count). The standard InChI is InChI=1S/Hg.HNO3.2H2O/c;2-1(3)4;;/h;(H,2,3,4);2*1H2. The van der Waals surface area contributed by atoms with Crippen molar-refractivity contribution in [3.05, 3.63) is 10.1 Å². The Morgan fingerprint density at radius 3 is 1.43 bits per heavy atom. The molecule has 42 valence electrons. The fourth-order valence-corrected chi connectivity index (χ4v) is 0. The zero-order valence-electron chi connectivity index (χ0n) is 3.42. The van der Waals surface area contributed by atoms with Crippen molar-refractivity contribution >= 4 is 0 Å². The summed E-state index contributed by atoms with van der Waals surface area (Å²) in [4.78, 5) is 8.36. The van der Waals surface area contributed by atoms with Gasteiger partial charge >= 0.3 is 0 Å². The second-order valence-electron chi connectivity index (χ2n) is 0.238. The van der Waals surface area contributed by atoms with Gasteiger partial charge in [0.25, 0.3) is 5.09 Å². The average molecular weight is 300 g/mol. The van der Waals surface area contributed by atoms with Crippen LogP contribution < -0.4 is 0 Å². The summed E-state index contributed by atoms with van der Waals surface area (Å²) in [6.07, 6.45) is 0. The molecule has 0 spiro atoms. The van der Waals surface area contributed by atoms with Gasteiger partial charge in [-0.2, -0.15) is 0 Å². The molecule has 7 heavy (non-hydrogen) atoms. The molecule has 0 aliphatic heterocycles. The molecule has 0 fully saturated rings. The summed E-state index contributed by atoms with van der Waals surface area (Å²) in [5.41, 5.74) is 0. The zero-order chi connectivity index (χ0) is 3.58. The van der Waals surface area contributed by atoms with Crippen molar-refractivity contribution in [3.8, 4) is 0 Å². The number of hydrogen-bond acceptors (Lipinski definition) is 2. The summed E-state index contributed by atoms with van der Waals surface area (Å²) in [6, 6.07) is 0. The molecule has 0 saturated heterocycles. The SMILES string of the molecule is O.O.O=[N+]([O-])O.[Hg]. The minimum absolute atomic E-state index is 0. The summed E-state index contributed by atoms with van der Waals surface area (Å²) in [5, 5.41) is 13.6. The van der Waals surface area contributed by atoms with E-state index in [1.165, 1.54) is 0 Å². The van der Waals surface area contributed by atoms with E-state index in [-0.39, 0.29) is 38.6 Å². The monoisotopic (exact) mass is 301 g/mol. The van der Waals surface area contributed by atoms with Crippen LogP contribution in [0.5, 0.6) is 0 Å². The average Bonchev–Trinajstić information content (AvgIpc) is 0.811. The zero-order valence-corrected chi connectivity index (χ0v) is 8.92. The Morgan fingerprint density at radius 1 is 1.43 bits per heavy atom. The molecule has 0 aliphatic carbocycles. The van der Waals surface area contributed by atoms with Gasteiger partial charge in [0.05, 0.1) is 0 Å². The van der Waals surface area contributed by atoms with Gasteiger partial charge in [0.1, 0.15) is 0 Å². The summed E-state index contributed by atoms with van der Waals surface area (Å²) in [5.74, 6) is 0. The second kappa shape index (κ2) is 16.6. The molecule has 0 aromatic carbocycles. The van der Waals surface area contributed by atoms with Crippen LogP contribution in [0.2, 0.25) is 0 Å². The minimum Gasteiger partial charge on any atom is -0.412 e. The predicted octanol–water partition coefficient (Wildman–Crippen LogP) is -2.00. The molecule has 0 aromatic rings. The first-order chi connectivity index (χ1) is 1.73. The first-order valence-electron chi connectivity index (χ1n) is 0.565. The van der Waals surface area contributed by atoms with Crippen LogP contribution in [0.15, 0.2) is 0 Å². The summed E-state index contributed by atoms with van der Waals surface area (Å²) < 4.78 is 0. The Balaban J connectivity index is -0.0000000150. The first kappa shape index (κ1) is 27.7. The maximum absolute atomic E-state index is 8.36. The van der Waals surface area contributed by atoms with E-state index in [1.54, 1.807) is 0 Å². The second-order valence-corrected chi connectivity index (χ2v) is 0.238. The van der Waals surface area contributed by atoms with E-state index in [0.717, 1.165) is 0 Å². The van der Waals surface area contributed by atoms with Crippen molar-refractivity contribution in [2.24, 2.45) is 0 Å². The molecule has 0 aromatic heterocycles. The van der Waals surface area contributed by atoms with E-state index in [2.05, 4.69) is 0 Å². The van der Waals surface area contributed by atoms with E-state index in [0.29, 0.717) is 0 Å². The molecule has 0 amide bonds.